The van der Waals surface area contributed by atoms with Crippen LogP contribution in [0.3, 0.4) is 0 Å². The van der Waals surface area contributed by atoms with E-state index in [4.69, 9.17) is 5.26 Å². The zero-order chi connectivity index (χ0) is 23.5. The summed E-state index contributed by atoms with van der Waals surface area (Å²) in [6.07, 6.45) is 0.104. The molecule has 0 bridgehead atoms. The molecule has 4 aromatic rings. The number of carbonyl (C=O) groups is 2. The van der Waals surface area contributed by atoms with Crippen LogP contribution in [0.15, 0.2) is 66.2 Å². The second-order valence-corrected chi connectivity index (χ2v) is 8.27. The Kier molecular flexibility index (Phi) is 6.11. The lowest BCUT2D eigenvalue weighted by Crippen LogP contribution is -2.14. The largest absolute Gasteiger partial charge is 0.478 e. The third-order valence-corrected chi connectivity index (χ3v) is 6.12. The number of fused-ring (bicyclic) bond motifs is 1. The van der Waals surface area contributed by atoms with E-state index in [2.05, 4.69) is 14.8 Å². The number of carboxylic acid groups (broad SMARTS) is 1. The maximum Gasteiger partial charge on any atom is 0.336 e. The number of ketones is 1. The van der Waals surface area contributed by atoms with Gasteiger partial charge in [0, 0.05) is 17.6 Å². The number of rotatable bonds is 6. The summed E-state index contributed by atoms with van der Waals surface area (Å²) in [5.74, 6) is -1.55. The Morgan fingerprint density at radius 2 is 1.61 bits per heavy atom. The van der Waals surface area contributed by atoms with Gasteiger partial charge in [0.05, 0.1) is 28.9 Å². The molecule has 0 saturated heterocycles. The predicted molar refractivity (Wildman–Crippen MR) is 127 cm³/mol. The van der Waals surface area contributed by atoms with Crippen LogP contribution in [-0.2, 0) is 11.2 Å². The summed E-state index contributed by atoms with van der Waals surface area (Å²) in [4.78, 5) is 26.1. The van der Waals surface area contributed by atoms with Crippen LogP contribution in [0.5, 0.6) is 0 Å². The minimum Gasteiger partial charge on any atom is -0.478 e. The second-order valence-electron chi connectivity index (χ2n) is 7.74. The molecule has 7 heteroatoms. The van der Waals surface area contributed by atoms with E-state index in [0.717, 1.165) is 28.4 Å². The van der Waals surface area contributed by atoms with Crippen LogP contribution in [0, 0.1) is 25.2 Å². The highest BCUT2D eigenvalue weighted by Gasteiger charge is 2.24. The van der Waals surface area contributed by atoms with Crippen molar-refractivity contribution in [3.05, 3.63) is 99.6 Å². The molecule has 0 fully saturated rings. The summed E-state index contributed by atoms with van der Waals surface area (Å²) in [6, 6.07) is 19.2. The van der Waals surface area contributed by atoms with Crippen molar-refractivity contribution in [1.82, 2.24) is 8.75 Å². The van der Waals surface area contributed by atoms with Gasteiger partial charge in [0.25, 0.3) is 0 Å². The molecule has 1 N–H and O–H groups in total. The maximum atomic E-state index is 13.7. The Balaban J connectivity index is 1.91. The van der Waals surface area contributed by atoms with Gasteiger partial charge in [0.1, 0.15) is 11.0 Å². The average Bonchev–Trinajstić information content (AvgIpc) is 3.28. The van der Waals surface area contributed by atoms with Crippen molar-refractivity contribution in [3.63, 3.8) is 0 Å². The van der Waals surface area contributed by atoms with Gasteiger partial charge in [-0.1, -0.05) is 30.3 Å². The fourth-order valence-corrected chi connectivity index (χ4v) is 4.12. The monoisotopic (exact) mass is 453 g/mol. The van der Waals surface area contributed by atoms with Crippen molar-refractivity contribution in [2.75, 3.05) is 0 Å². The summed E-state index contributed by atoms with van der Waals surface area (Å²) >= 11 is 1.05. The minimum atomic E-state index is -1.20. The van der Waals surface area contributed by atoms with Crippen molar-refractivity contribution in [2.45, 2.75) is 20.3 Å². The van der Waals surface area contributed by atoms with Gasteiger partial charge in [0.2, 0.25) is 0 Å². The van der Waals surface area contributed by atoms with E-state index in [9.17, 15) is 14.7 Å². The number of Topliss-reactive ketones (excluding diaryl/α,β-unsaturated/α-hetero) is 1. The quantitative estimate of drug-likeness (QED) is 0.320. The number of nitrogens with zero attached hydrogens (tertiary/aromatic N) is 3. The number of hydrogen-bond acceptors (Lipinski definition) is 6. The van der Waals surface area contributed by atoms with Crippen LogP contribution in [0.25, 0.3) is 16.6 Å². The first-order valence-corrected chi connectivity index (χ1v) is 10.9. The highest BCUT2D eigenvalue weighted by atomic mass is 32.1. The molecule has 0 aliphatic carbocycles. The van der Waals surface area contributed by atoms with Gasteiger partial charge in [0.15, 0.2) is 5.78 Å². The fraction of sp³-hybridized carbons (Fsp3) is 0.115. The first-order chi connectivity index (χ1) is 15.9. The normalized spacial score (nSPS) is 11.7. The third kappa shape index (κ3) is 4.56. The zero-order valence-electron chi connectivity index (χ0n) is 18.0. The molecule has 0 aliphatic heterocycles. The molecule has 6 nitrogen and oxygen atoms in total. The molecule has 1 aromatic heterocycles. The Morgan fingerprint density at radius 1 is 0.909 bits per heavy atom. The Hall–Kier alpha value is -4.15. The maximum absolute atomic E-state index is 13.7. The smallest absolute Gasteiger partial charge is 0.336 e. The summed E-state index contributed by atoms with van der Waals surface area (Å²) in [7, 11) is 0. The summed E-state index contributed by atoms with van der Waals surface area (Å²) in [5, 5.41) is 19.3. The fourth-order valence-electron chi connectivity index (χ4n) is 3.60. The zero-order valence-corrected chi connectivity index (χ0v) is 18.8. The van der Waals surface area contributed by atoms with Crippen molar-refractivity contribution in [2.24, 2.45) is 0 Å². The van der Waals surface area contributed by atoms with Gasteiger partial charge in [-0.3, -0.25) is 4.79 Å². The van der Waals surface area contributed by atoms with Gasteiger partial charge in [-0.15, -0.1) is 0 Å². The van der Waals surface area contributed by atoms with Crippen LogP contribution in [0.2, 0.25) is 0 Å². The number of hydrogen-bond donors (Lipinski definition) is 1. The molecule has 3 aromatic carbocycles. The lowest BCUT2D eigenvalue weighted by atomic mass is 9.88. The lowest BCUT2D eigenvalue weighted by Gasteiger charge is -2.14. The number of carboxylic acids is 1. The highest BCUT2D eigenvalue weighted by molar-refractivity contribution is 7.00. The van der Waals surface area contributed by atoms with E-state index in [1.54, 1.807) is 54.6 Å². The van der Waals surface area contributed by atoms with Crippen LogP contribution in [0.4, 0.5) is 0 Å². The van der Waals surface area contributed by atoms with Gasteiger partial charge in [-0.2, -0.15) is 14.0 Å². The van der Waals surface area contributed by atoms with E-state index in [1.807, 2.05) is 19.9 Å². The SMILES string of the molecule is Cc1ccc(C(=O)C(Cc2ccc(C#N)cc2)=C(C(=O)O)c2ccc3nsnc3c2)cc1C. The Morgan fingerprint density at radius 3 is 2.27 bits per heavy atom. The van der Waals surface area contributed by atoms with Crippen molar-refractivity contribution < 1.29 is 14.7 Å². The molecule has 0 spiro atoms. The molecule has 0 amide bonds. The minimum absolute atomic E-state index is 0.0718. The molecule has 0 atom stereocenters. The number of aromatic nitrogens is 2. The molecule has 1 heterocycles. The van der Waals surface area contributed by atoms with Gasteiger partial charge >= 0.3 is 5.97 Å². The van der Waals surface area contributed by atoms with E-state index in [0.29, 0.717) is 27.7 Å². The van der Waals surface area contributed by atoms with Crippen LogP contribution in [-0.4, -0.2) is 25.6 Å². The molecular weight excluding hydrogens is 434 g/mol. The Bertz CT molecular complexity index is 1460. The van der Waals surface area contributed by atoms with Crippen LogP contribution >= 0.6 is 11.7 Å². The molecular formula is C26H19N3O3S. The molecule has 0 unspecified atom stereocenters. The number of nitriles is 1. The predicted octanol–water partition coefficient (Wildman–Crippen LogP) is 5.14. The number of aliphatic carboxylic acids is 1. The van der Waals surface area contributed by atoms with Crippen molar-refractivity contribution in [3.8, 4) is 6.07 Å². The van der Waals surface area contributed by atoms with E-state index >= 15 is 0 Å². The summed E-state index contributed by atoms with van der Waals surface area (Å²) in [5.41, 5.74) is 5.38. The lowest BCUT2D eigenvalue weighted by molar-refractivity contribution is -0.130. The molecule has 33 heavy (non-hydrogen) atoms. The number of allylic oxidation sites excluding steroid dienone is 1. The Labute approximate surface area is 194 Å². The van der Waals surface area contributed by atoms with Crippen molar-refractivity contribution >= 4 is 40.1 Å². The molecule has 162 valence electrons. The second kappa shape index (κ2) is 9.15. The van der Waals surface area contributed by atoms with Crippen LogP contribution in [0.1, 0.15) is 38.2 Å². The standard InChI is InChI=1S/C26H19N3O3S/c1-15-3-8-20(11-16(15)2)25(30)21(12-17-4-6-18(14-27)7-5-17)24(26(31)32)19-9-10-22-23(13-19)29-33-28-22/h3-11,13H,12H2,1-2H3,(H,31,32). The molecule has 0 aliphatic rings. The highest BCUT2D eigenvalue weighted by Crippen LogP contribution is 2.28. The number of carbonyl (C=O) groups excluding carboxylic acids is 1. The number of benzene rings is 3. The van der Waals surface area contributed by atoms with Gasteiger partial charge in [-0.25, -0.2) is 4.79 Å². The molecule has 4 rings (SSSR count). The van der Waals surface area contributed by atoms with Gasteiger partial charge < -0.3 is 5.11 Å². The number of aryl methyl sites for hydroxylation is 2. The van der Waals surface area contributed by atoms with E-state index < -0.39 is 5.97 Å². The topological polar surface area (TPSA) is 104 Å². The van der Waals surface area contributed by atoms with E-state index in [1.165, 1.54) is 0 Å². The van der Waals surface area contributed by atoms with Crippen LogP contribution < -0.4 is 0 Å². The van der Waals surface area contributed by atoms with Gasteiger partial charge in [-0.05, 0) is 66.4 Å². The first-order valence-electron chi connectivity index (χ1n) is 10.2. The molecule has 0 radical (unpaired) electrons. The first kappa shape index (κ1) is 22.1. The summed E-state index contributed by atoms with van der Waals surface area (Å²) in [6.45, 7) is 3.87. The molecule has 0 saturated carbocycles. The third-order valence-electron chi connectivity index (χ3n) is 5.57. The summed E-state index contributed by atoms with van der Waals surface area (Å²) < 4.78 is 8.37. The average molecular weight is 454 g/mol. The van der Waals surface area contributed by atoms with Crippen molar-refractivity contribution in [1.29, 1.82) is 5.26 Å². The van der Waals surface area contributed by atoms with E-state index in [-0.39, 0.29) is 23.4 Å².